The van der Waals surface area contributed by atoms with Crippen LogP contribution in [-0.2, 0) is 0 Å². The van der Waals surface area contributed by atoms with Crippen LogP contribution in [0.5, 0.6) is 0 Å². The summed E-state index contributed by atoms with van der Waals surface area (Å²) in [4.78, 5) is 0. The Morgan fingerprint density at radius 1 is 1.36 bits per heavy atom. The molecular weight excluding hydrogens is 194 g/mol. The molecule has 0 aromatic heterocycles. The number of rotatable bonds is 2. The van der Waals surface area contributed by atoms with Gasteiger partial charge in [-0.3, -0.25) is 0 Å². The fourth-order valence-electron chi connectivity index (χ4n) is 2.22. The molecule has 0 bridgehead atoms. The average Bonchev–Trinajstić information content (AvgIpc) is 2.05. The molecule has 82 valence electrons. The van der Waals surface area contributed by atoms with E-state index in [0.29, 0.717) is 17.5 Å². The standard InChI is InChI=1S/C11H21NOS/c1-11(2)3-4-14-7-10(11)12-8-5-9(13)6-8/h8-10,12-13H,3-7H2,1-2H3. The molecule has 1 saturated heterocycles. The van der Waals surface area contributed by atoms with E-state index in [1.807, 2.05) is 0 Å². The van der Waals surface area contributed by atoms with E-state index in [9.17, 15) is 5.11 Å². The number of aliphatic hydroxyl groups is 1. The minimum Gasteiger partial charge on any atom is -0.393 e. The SMILES string of the molecule is CC1(C)CCSCC1NC1CC(O)C1. The molecule has 0 aromatic carbocycles. The normalized spacial score (nSPS) is 41.8. The summed E-state index contributed by atoms with van der Waals surface area (Å²) in [5.74, 6) is 2.54. The van der Waals surface area contributed by atoms with Crippen LogP contribution in [-0.4, -0.2) is 34.8 Å². The maximum atomic E-state index is 9.23. The summed E-state index contributed by atoms with van der Waals surface area (Å²) >= 11 is 2.06. The third-order valence-electron chi connectivity index (χ3n) is 3.67. The van der Waals surface area contributed by atoms with Gasteiger partial charge in [0, 0.05) is 17.8 Å². The first-order valence-corrected chi connectivity index (χ1v) is 6.75. The Labute approximate surface area is 90.8 Å². The van der Waals surface area contributed by atoms with Crippen molar-refractivity contribution in [3.63, 3.8) is 0 Å². The van der Waals surface area contributed by atoms with E-state index >= 15 is 0 Å². The first-order chi connectivity index (χ1) is 6.58. The van der Waals surface area contributed by atoms with Gasteiger partial charge in [0.1, 0.15) is 0 Å². The van der Waals surface area contributed by atoms with E-state index in [1.54, 1.807) is 0 Å². The van der Waals surface area contributed by atoms with Gasteiger partial charge in [-0.15, -0.1) is 0 Å². The van der Waals surface area contributed by atoms with Crippen molar-refractivity contribution in [3.05, 3.63) is 0 Å². The molecule has 14 heavy (non-hydrogen) atoms. The van der Waals surface area contributed by atoms with Crippen LogP contribution < -0.4 is 5.32 Å². The van der Waals surface area contributed by atoms with Crippen molar-refractivity contribution in [1.82, 2.24) is 5.32 Å². The van der Waals surface area contributed by atoms with Gasteiger partial charge in [0.05, 0.1) is 6.10 Å². The topological polar surface area (TPSA) is 32.3 Å². The zero-order valence-corrected chi connectivity index (χ0v) is 9.94. The van der Waals surface area contributed by atoms with Crippen molar-refractivity contribution >= 4 is 11.8 Å². The Bertz CT molecular complexity index is 201. The highest BCUT2D eigenvalue weighted by Gasteiger charge is 2.36. The van der Waals surface area contributed by atoms with Crippen molar-refractivity contribution < 1.29 is 5.11 Å². The monoisotopic (exact) mass is 215 g/mol. The van der Waals surface area contributed by atoms with Crippen molar-refractivity contribution in [1.29, 1.82) is 0 Å². The van der Waals surface area contributed by atoms with Crippen LogP contribution in [0, 0.1) is 5.41 Å². The molecule has 1 aliphatic carbocycles. The van der Waals surface area contributed by atoms with Gasteiger partial charge in [-0.1, -0.05) is 13.8 Å². The molecule has 1 unspecified atom stereocenters. The molecule has 2 nitrogen and oxygen atoms in total. The van der Waals surface area contributed by atoms with Crippen LogP contribution in [0.2, 0.25) is 0 Å². The van der Waals surface area contributed by atoms with E-state index in [4.69, 9.17) is 0 Å². The maximum Gasteiger partial charge on any atom is 0.0570 e. The lowest BCUT2D eigenvalue weighted by Crippen LogP contribution is -2.55. The minimum atomic E-state index is -0.0353. The maximum absolute atomic E-state index is 9.23. The fraction of sp³-hybridized carbons (Fsp3) is 1.00. The summed E-state index contributed by atoms with van der Waals surface area (Å²) in [6.07, 6.45) is 3.19. The predicted octanol–water partition coefficient (Wildman–Crippen LogP) is 1.63. The number of nitrogens with one attached hydrogen (secondary N) is 1. The zero-order chi connectivity index (χ0) is 10.2. The number of aliphatic hydroxyl groups excluding tert-OH is 1. The molecule has 2 aliphatic rings. The lowest BCUT2D eigenvalue weighted by Gasteiger charge is -2.44. The van der Waals surface area contributed by atoms with E-state index in [1.165, 1.54) is 17.9 Å². The van der Waals surface area contributed by atoms with E-state index in [0.717, 1.165) is 12.8 Å². The molecule has 1 heterocycles. The predicted molar refractivity (Wildman–Crippen MR) is 61.7 cm³/mol. The summed E-state index contributed by atoms with van der Waals surface area (Å²) in [6.45, 7) is 4.72. The molecular formula is C11H21NOS. The van der Waals surface area contributed by atoms with Crippen molar-refractivity contribution in [3.8, 4) is 0 Å². The second-order valence-corrected chi connectivity index (χ2v) is 6.50. The van der Waals surface area contributed by atoms with Gasteiger partial charge in [-0.05, 0) is 30.4 Å². The summed E-state index contributed by atoms with van der Waals surface area (Å²) in [5.41, 5.74) is 0.436. The minimum absolute atomic E-state index is 0.0353. The zero-order valence-electron chi connectivity index (χ0n) is 9.12. The lowest BCUT2D eigenvalue weighted by molar-refractivity contribution is 0.0494. The highest BCUT2D eigenvalue weighted by atomic mass is 32.2. The highest BCUT2D eigenvalue weighted by Crippen LogP contribution is 2.35. The molecule has 1 atom stereocenters. The van der Waals surface area contributed by atoms with Crippen molar-refractivity contribution in [2.24, 2.45) is 5.41 Å². The summed E-state index contributed by atoms with van der Waals surface area (Å²) < 4.78 is 0. The average molecular weight is 215 g/mol. The smallest absolute Gasteiger partial charge is 0.0570 e. The molecule has 0 radical (unpaired) electrons. The molecule has 2 fully saturated rings. The molecule has 0 aromatic rings. The van der Waals surface area contributed by atoms with Crippen LogP contribution in [0.4, 0.5) is 0 Å². The van der Waals surface area contributed by atoms with Gasteiger partial charge in [0.25, 0.3) is 0 Å². The third kappa shape index (κ3) is 2.26. The van der Waals surface area contributed by atoms with Gasteiger partial charge < -0.3 is 10.4 Å². The van der Waals surface area contributed by atoms with Gasteiger partial charge in [0.15, 0.2) is 0 Å². The fourth-order valence-corrected chi connectivity index (χ4v) is 3.84. The summed E-state index contributed by atoms with van der Waals surface area (Å²) in [5, 5.41) is 12.9. The van der Waals surface area contributed by atoms with Crippen molar-refractivity contribution in [2.75, 3.05) is 11.5 Å². The second kappa shape index (κ2) is 4.03. The highest BCUT2D eigenvalue weighted by molar-refractivity contribution is 7.99. The molecule has 0 amide bonds. The number of hydrogen-bond donors (Lipinski definition) is 2. The largest absolute Gasteiger partial charge is 0.393 e. The number of hydrogen-bond acceptors (Lipinski definition) is 3. The molecule has 0 spiro atoms. The molecule has 2 rings (SSSR count). The Kier molecular flexibility index (Phi) is 3.10. The van der Waals surface area contributed by atoms with E-state index in [2.05, 4.69) is 30.9 Å². The Hall–Kier alpha value is 0.270. The lowest BCUT2D eigenvalue weighted by atomic mass is 9.80. The van der Waals surface area contributed by atoms with Crippen LogP contribution >= 0.6 is 11.8 Å². The van der Waals surface area contributed by atoms with Gasteiger partial charge in [-0.2, -0.15) is 11.8 Å². The third-order valence-corrected chi connectivity index (χ3v) is 4.73. The molecule has 1 saturated carbocycles. The van der Waals surface area contributed by atoms with Gasteiger partial charge >= 0.3 is 0 Å². The number of thioether (sulfide) groups is 1. The Morgan fingerprint density at radius 2 is 2.07 bits per heavy atom. The van der Waals surface area contributed by atoms with Crippen molar-refractivity contribution in [2.45, 2.75) is 51.3 Å². The van der Waals surface area contributed by atoms with E-state index < -0.39 is 0 Å². The van der Waals surface area contributed by atoms with Gasteiger partial charge in [0.2, 0.25) is 0 Å². The van der Waals surface area contributed by atoms with E-state index in [-0.39, 0.29) is 6.10 Å². The quantitative estimate of drug-likeness (QED) is 0.734. The Morgan fingerprint density at radius 3 is 2.64 bits per heavy atom. The molecule has 3 heteroatoms. The summed E-state index contributed by atoms with van der Waals surface area (Å²) in [6, 6.07) is 1.21. The van der Waals surface area contributed by atoms with Crippen LogP contribution in [0.1, 0.15) is 33.1 Å². The Balaban J connectivity index is 1.83. The second-order valence-electron chi connectivity index (χ2n) is 5.35. The van der Waals surface area contributed by atoms with Crippen LogP contribution in [0.15, 0.2) is 0 Å². The van der Waals surface area contributed by atoms with Gasteiger partial charge in [-0.25, -0.2) is 0 Å². The van der Waals surface area contributed by atoms with Crippen LogP contribution in [0.3, 0.4) is 0 Å². The first-order valence-electron chi connectivity index (χ1n) is 5.60. The summed E-state index contributed by atoms with van der Waals surface area (Å²) in [7, 11) is 0. The van der Waals surface area contributed by atoms with Crippen LogP contribution in [0.25, 0.3) is 0 Å². The molecule has 1 aliphatic heterocycles. The molecule has 2 N–H and O–H groups in total. The first kappa shape index (κ1) is 10.8.